The van der Waals surface area contributed by atoms with E-state index in [2.05, 4.69) is 15.3 Å². The van der Waals surface area contributed by atoms with Gasteiger partial charge in [0.1, 0.15) is 10.7 Å². The summed E-state index contributed by atoms with van der Waals surface area (Å²) in [6.07, 6.45) is 1.49. The third-order valence-corrected chi connectivity index (χ3v) is 1.54. The lowest BCUT2D eigenvalue weighted by Gasteiger charge is -2.02. The van der Waals surface area contributed by atoms with Crippen molar-refractivity contribution in [2.24, 2.45) is 11.5 Å². The zero-order valence-corrected chi connectivity index (χ0v) is 8.04. The third-order valence-electron chi connectivity index (χ3n) is 1.33. The molecule has 0 radical (unpaired) electrons. The van der Waals surface area contributed by atoms with Gasteiger partial charge in [-0.25, -0.2) is 9.97 Å². The zero-order chi connectivity index (χ0) is 10.6. The predicted molar refractivity (Wildman–Crippen MR) is 55.6 cm³/mol. The van der Waals surface area contributed by atoms with Gasteiger partial charge in [-0.05, 0) is 6.07 Å². The summed E-state index contributed by atoms with van der Waals surface area (Å²) in [5.74, 6) is -0.219. The van der Waals surface area contributed by atoms with E-state index in [1.807, 2.05) is 0 Å². The number of nitrogens with zero attached hydrogens (tertiary/aromatic N) is 2. The van der Waals surface area contributed by atoms with Crippen LogP contribution in [0, 0.1) is 0 Å². The number of carbonyl (C=O) groups excluding carboxylic acids is 1. The van der Waals surface area contributed by atoms with E-state index in [0.29, 0.717) is 5.69 Å². The van der Waals surface area contributed by atoms with Crippen LogP contribution in [-0.4, -0.2) is 27.4 Å². The number of rotatable bonds is 4. The van der Waals surface area contributed by atoms with Crippen LogP contribution < -0.4 is 16.8 Å². The number of thiocarbonyl (C=S) groups is 1. The molecule has 1 heterocycles. The highest BCUT2D eigenvalue weighted by molar-refractivity contribution is 7.80. The van der Waals surface area contributed by atoms with E-state index in [0.717, 1.165) is 0 Å². The van der Waals surface area contributed by atoms with Crippen molar-refractivity contribution in [2.45, 2.75) is 0 Å². The molecule has 14 heavy (non-hydrogen) atoms. The molecule has 1 amide bonds. The smallest absolute Gasteiger partial charge is 0.236 e. The first kappa shape index (κ1) is 10.3. The molecule has 6 nitrogen and oxygen atoms in total. The Bertz CT molecular complexity index is 367. The molecule has 0 aliphatic carbocycles. The molecule has 1 aromatic heterocycles. The summed E-state index contributed by atoms with van der Waals surface area (Å²) in [4.78, 5) is 18.4. The average molecular weight is 211 g/mol. The summed E-state index contributed by atoms with van der Waals surface area (Å²) >= 11 is 4.73. The first-order chi connectivity index (χ1) is 6.59. The SMILES string of the molecule is NC(=O)CNc1nccc(C(N)=S)n1. The number of aromatic nitrogens is 2. The number of primary amides is 1. The molecule has 0 saturated carbocycles. The number of nitrogens with one attached hydrogen (secondary N) is 1. The Morgan fingerprint density at radius 3 is 2.86 bits per heavy atom. The Labute approximate surface area is 85.7 Å². The standard InChI is InChI=1S/C7H9N5OS/c8-5(13)3-11-7-10-2-1-4(12-7)6(9)14/h1-2H,3H2,(H2,8,13)(H2,9,14)(H,10,11,12). The van der Waals surface area contributed by atoms with Gasteiger partial charge < -0.3 is 16.8 Å². The Kier molecular flexibility index (Phi) is 3.29. The van der Waals surface area contributed by atoms with E-state index >= 15 is 0 Å². The maximum absolute atomic E-state index is 10.4. The quantitative estimate of drug-likeness (QED) is 0.552. The molecular formula is C7H9N5OS. The van der Waals surface area contributed by atoms with Crippen molar-refractivity contribution >= 4 is 29.1 Å². The van der Waals surface area contributed by atoms with E-state index < -0.39 is 5.91 Å². The number of hydrogen-bond acceptors (Lipinski definition) is 5. The van der Waals surface area contributed by atoms with E-state index in [-0.39, 0.29) is 17.5 Å². The van der Waals surface area contributed by atoms with Gasteiger partial charge in [-0.2, -0.15) is 0 Å². The van der Waals surface area contributed by atoms with E-state index in [9.17, 15) is 4.79 Å². The first-order valence-corrected chi connectivity index (χ1v) is 4.15. The molecule has 0 saturated heterocycles. The molecule has 0 bridgehead atoms. The molecule has 0 fully saturated rings. The van der Waals surface area contributed by atoms with Gasteiger partial charge in [0.2, 0.25) is 11.9 Å². The number of carbonyl (C=O) groups is 1. The minimum atomic E-state index is -0.491. The second kappa shape index (κ2) is 4.47. The molecule has 0 spiro atoms. The minimum Gasteiger partial charge on any atom is -0.388 e. The molecule has 1 rings (SSSR count). The molecule has 0 atom stereocenters. The molecule has 1 aromatic rings. The van der Waals surface area contributed by atoms with Gasteiger partial charge in [-0.1, -0.05) is 12.2 Å². The molecular weight excluding hydrogens is 202 g/mol. The van der Waals surface area contributed by atoms with Crippen molar-refractivity contribution < 1.29 is 4.79 Å². The highest BCUT2D eigenvalue weighted by atomic mass is 32.1. The molecule has 7 heteroatoms. The largest absolute Gasteiger partial charge is 0.388 e. The number of nitrogens with two attached hydrogens (primary N) is 2. The van der Waals surface area contributed by atoms with Crippen molar-refractivity contribution in [3.05, 3.63) is 18.0 Å². The van der Waals surface area contributed by atoms with Gasteiger partial charge >= 0.3 is 0 Å². The average Bonchev–Trinajstić information content (AvgIpc) is 2.15. The van der Waals surface area contributed by atoms with Crippen LogP contribution in [0.1, 0.15) is 5.69 Å². The van der Waals surface area contributed by atoms with E-state index in [4.69, 9.17) is 23.7 Å². The monoisotopic (exact) mass is 211 g/mol. The van der Waals surface area contributed by atoms with E-state index in [1.54, 1.807) is 6.07 Å². The number of anilines is 1. The molecule has 0 aliphatic heterocycles. The Hall–Kier alpha value is -1.76. The van der Waals surface area contributed by atoms with Crippen LogP contribution in [0.2, 0.25) is 0 Å². The topological polar surface area (TPSA) is 107 Å². The van der Waals surface area contributed by atoms with Crippen molar-refractivity contribution in [1.82, 2.24) is 9.97 Å². The van der Waals surface area contributed by atoms with Crippen LogP contribution in [0.25, 0.3) is 0 Å². The van der Waals surface area contributed by atoms with Gasteiger partial charge in [0, 0.05) is 6.20 Å². The fourth-order valence-corrected chi connectivity index (χ4v) is 0.861. The fraction of sp³-hybridized carbons (Fsp3) is 0.143. The van der Waals surface area contributed by atoms with Crippen molar-refractivity contribution in [3.63, 3.8) is 0 Å². The van der Waals surface area contributed by atoms with Crippen LogP contribution >= 0.6 is 12.2 Å². The number of hydrogen-bond donors (Lipinski definition) is 3. The summed E-state index contributed by atoms with van der Waals surface area (Å²) in [5, 5.41) is 2.63. The summed E-state index contributed by atoms with van der Waals surface area (Å²) in [5.41, 5.74) is 10.7. The summed E-state index contributed by atoms with van der Waals surface area (Å²) in [6, 6.07) is 1.58. The maximum Gasteiger partial charge on any atom is 0.236 e. The molecule has 0 aromatic carbocycles. The van der Waals surface area contributed by atoms with Crippen LogP contribution in [0.4, 0.5) is 5.95 Å². The van der Waals surface area contributed by atoms with Gasteiger partial charge in [0.05, 0.1) is 6.54 Å². The third kappa shape index (κ3) is 2.94. The Morgan fingerprint density at radius 1 is 1.57 bits per heavy atom. The highest BCUT2D eigenvalue weighted by Crippen LogP contribution is 1.99. The fourth-order valence-electron chi connectivity index (χ4n) is 0.747. The lowest BCUT2D eigenvalue weighted by atomic mass is 10.4. The highest BCUT2D eigenvalue weighted by Gasteiger charge is 2.01. The Morgan fingerprint density at radius 2 is 2.29 bits per heavy atom. The second-order valence-electron chi connectivity index (χ2n) is 2.45. The predicted octanol–water partition coefficient (Wildman–Crippen LogP) is -0.992. The van der Waals surface area contributed by atoms with E-state index in [1.165, 1.54) is 6.20 Å². The Balaban J connectivity index is 2.73. The molecule has 0 unspecified atom stereocenters. The van der Waals surface area contributed by atoms with Crippen LogP contribution in [0.3, 0.4) is 0 Å². The second-order valence-corrected chi connectivity index (χ2v) is 2.89. The lowest BCUT2D eigenvalue weighted by Crippen LogP contribution is -2.23. The summed E-state index contributed by atoms with van der Waals surface area (Å²) in [6.45, 7) is -0.0270. The molecule has 74 valence electrons. The molecule has 5 N–H and O–H groups in total. The van der Waals surface area contributed by atoms with Crippen molar-refractivity contribution in [1.29, 1.82) is 0 Å². The normalized spacial score (nSPS) is 9.43. The minimum absolute atomic E-state index is 0.0270. The number of amides is 1. The van der Waals surface area contributed by atoms with Crippen LogP contribution in [0.5, 0.6) is 0 Å². The van der Waals surface area contributed by atoms with Gasteiger partial charge in [-0.15, -0.1) is 0 Å². The molecule has 0 aliphatic rings. The van der Waals surface area contributed by atoms with Gasteiger partial charge in [0.15, 0.2) is 0 Å². The summed E-state index contributed by atoms with van der Waals surface area (Å²) < 4.78 is 0. The zero-order valence-electron chi connectivity index (χ0n) is 7.23. The first-order valence-electron chi connectivity index (χ1n) is 3.74. The summed E-state index contributed by atoms with van der Waals surface area (Å²) in [7, 11) is 0. The van der Waals surface area contributed by atoms with Crippen molar-refractivity contribution in [3.8, 4) is 0 Å². The maximum atomic E-state index is 10.4. The van der Waals surface area contributed by atoms with Gasteiger partial charge in [-0.3, -0.25) is 4.79 Å². The van der Waals surface area contributed by atoms with Crippen LogP contribution in [0.15, 0.2) is 12.3 Å². The van der Waals surface area contributed by atoms with Crippen molar-refractivity contribution in [2.75, 3.05) is 11.9 Å². The van der Waals surface area contributed by atoms with Crippen LogP contribution in [-0.2, 0) is 4.79 Å². The van der Waals surface area contributed by atoms with Gasteiger partial charge in [0.25, 0.3) is 0 Å². The lowest BCUT2D eigenvalue weighted by molar-refractivity contribution is -0.116.